The summed E-state index contributed by atoms with van der Waals surface area (Å²) in [4.78, 5) is 0. The number of nitrogen functional groups attached to an aromatic ring is 4. The fourth-order valence-electron chi connectivity index (χ4n) is 4.47. The van der Waals surface area contributed by atoms with Crippen molar-refractivity contribution in [1.82, 2.24) is 0 Å². The number of para-hydroxylation sites is 1. The second-order valence-electron chi connectivity index (χ2n) is 14.4. The summed E-state index contributed by atoms with van der Waals surface area (Å²) in [6.45, 7) is 19.3. The van der Waals surface area contributed by atoms with Crippen LogP contribution < -0.4 is 22.9 Å². The Hall–Kier alpha value is -3.30. The molecular weight excluding hydrogens is 679 g/mol. The summed E-state index contributed by atoms with van der Waals surface area (Å²) in [5, 5.41) is 19.8. The van der Waals surface area contributed by atoms with Crippen LogP contribution in [0.1, 0.15) is 91.5 Å². The SMILES string of the molecule is CC(C)(C)c1cc(Br)ccc1N.CC(C)(C)c1cc(F)ccc1N.CC(C)(O)c1cc(Cl)ccc1N.CC(C)(O)c1ccccc1N. The summed E-state index contributed by atoms with van der Waals surface area (Å²) in [7, 11) is 0. The van der Waals surface area contributed by atoms with Gasteiger partial charge in [-0.25, -0.2) is 4.39 Å². The van der Waals surface area contributed by atoms with Crippen molar-refractivity contribution in [1.29, 1.82) is 0 Å². The first-order chi connectivity index (χ1) is 21.2. The molecule has 258 valence electrons. The first kappa shape index (κ1) is 41.7. The molecule has 0 unspecified atom stereocenters. The van der Waals surface area contributed by atoms with Crippen molar-refractivity contribution in [3.8, 4) is 0 Å². The highest BCUT2D eigenvalue weighted by Crippen LogP contribution is 2.31. The van der Waals surface area contributed by atoms with Gasteiger partial charge < -0.3 is 33.1 Å². The van der Waals surface area contributed by atoms with Gasteiger partial charge >= 0.3 is 0 Å². The lowest BCUT2D eigenvalue weighted by Gasteiger charge is -2.21. The highest BCUT2D eigenvalue weighted by molar-refractivity contribution is 9.10. The number of hydrogen-bond acceptors (Lipinski definition) is 6. The van der Waals surface area contributed by atoms with Crippen molar-refractivity contribution in [2.24, 2.45) is 0 Å². The fraction of sp³-hybridized carbons (Fsp3) is 0.368. The maximum atomic E-state index is 12.8. The molecular formula is C38H53BrClFN4O2. The molecule has 4 aromatic rings. The average Bonchev–Trinajstić information content (AvgIpc) is 2.92. The summed E-state index contributed by atoms with van der Waals surface area (Å²) in [5.74, 6) is -0.228. The fourth-order valence-corrected chi connectivity index (χ4v) is 5.00. The van der Waals surface area contributed by atoms with Crippen LogP contribution in [0, 0.1) is 5.82 Å². The number of aliphatic hydroxyl groups is 2. The predicted octanol–water partition coefficient (Wildman–Crippen LogP) is 9.68. The van der Waals surface area contributed by atoms with Gasteiger partial charge in [0.15, 0.2) is 0 Å². The van der Waals surface area contributed by atoms with Gasteiger partial charge in [0.1, 0.15) is 5.82 Å². The molecule has 0 aromatic heterocycles. The van der Waals surface area contributed by atoms with E-state index in [2.05, 4.69) is 42.8 Å². The Morgan fingerprint density at radius 3 is 1.32 bits per heavy atom. The number of rotatable bonds is 2. The van der Waals surface area contributed by atoms with Crippen molar-refractivity contribution >= 4 is 50.3 Å². The monoisotopic (exact) mass is 730 g/mol. The van der Waals surface area contributed by atoms with E-state index in [4.69, 9.17) is 34.5 Å². The van der Waals surface area contributed by atoms with Crippen LogP contribution in [0.25, 0.3) is 0 Å². The lowest BCUT2D eigenvalue weighted by molar-refractivity contribution is 0.0788. The summed E-state index contributed by atoms with van der Waals surface area (Å²) in [6, 6.07) is 22.9. The van der Waals surface area contributed by atoms with Gasteiger partial charge in [0.05, 0.1) is 11.2 Å². The molecule has 4 aromatic carbocycles. The molecule has 0 saturated heterocycles. The molecule has 0 heterocycles. The van der Waals surface area contributed by atoms with Crippen LogP contribution in [-0.2, 0) is 22.0 Å². The number of benzene rings is 4. The zero-order chi connectivity index (χ0) is 36.5. The van der Waals surface area contributed by atoms with Gasteiger partial charge in [0.2, 0.25) is 0 Å². The van der Waals surface area contributed by atoms with E-state index in [0.29, 0.717) is 27.6 Å². The molecule has 0 aliphatic carbocycles. The minimum Gasteiger partial charge on any atom is -0.398 e. The third-order valence-corrected chi connectivity index (χ3v) is 7.67. The molecule has 0 aliphatic rings. The van der Waals surface area contributed by atoms with Crippen molar-refractivity contribution in [2.45, 2.75) is 91.3 Å². The van der Waals surface area contributed by atoms with Gasteiger partial charge in [0, 0.05) is 43.4 Å². The molecule has 0 fully saturated rings. The van der Waals surface area contributed by atoms with E-state index >= 15 is 0 Å². The average molecular weight is 732 g/mol. The summed E-state index contributed by atoms with van der Waals surface area (Å²) >= 11 is 9.19. The summed E-state index contributed by atoms with van der Waals surface area (Å²) < 4.78 is 13.9. The molecule has 0 saturated carbocycles. The number of nitrogens with two attached hydrogens (primary N) is 4. The van der Waals surface area contributed by atoms with Gasteiger partial charge in [-0.3, -0.25) is 0 Å². The van der Waals surface area contributed by atoms with Gasteiger partial charge in [-0.1, -0.05) is 87.3 Å². The molecule has 0 spiro atoms. The first-order valence-electron chi connectivity index (χ1n) is 15.2. The quantitative estimate of drug-likeness (QED) is 0.113. The van der Waals surface area contributed by atoms with Crippen LogP contribution in [0.2, 0.25) is 5.02 Å². The van der Waals surface area contributed by atoms with Crippen molar-refractivity contribution in [3.05, 3.63) is 116 Å². The summed E-state index contributed by atoms with van der Waals surface area (Å²) in [6.07, 6.45) is 0. The number of hydrogen-bond donors (Lipinski definition) is 6. The maximum absolute atomic E-state index is 12.8. The van der Waals surface area contributed by atoms with Gasteiger partial charge in [-0.05, 0) is 110 Å². The second-order valence-corrected chi connectivity index (χ2v) is 15.8. The van der Waals surface area contributed by atoms with E-state index in [9.17, 15) is 14.6 Å². The standard InChI is InChI=1S/C10H14BrN.C10H14FN.C9H12ClNO.C9H13NO/c2*1-10(2,3)8-6-7(11)4-5-9(8)12;1-9(2,12)7-5-6(10)3-4-8(7)11;1-9(2,11)7-5-3-4-6-8(7)10/h2*4-6H,12H2,1-3H3;3-5,12H,11H2,1-2H3;3-6,11H,10H2,1-2H3. The smallest absolute Gasteiger partial charge is 0.123 e. The van der Waals surface area contributed by atoms with Crippen molar-refractivity contribution in [3.63, 3.8) is 0 Å². The molecule has 0 radical (unpaired) electrons. The van der Waals surface area contributed by atoms with Gasteiger partial charge in [-0.2, -0.15) is 0 Å². The van der Waals surface area contributed by atoms with E-state index in [1.165, 1.54) is 17.7 Å². The topological polar surface area (TPSA) is 145 Å². The number of halogens is 3. The minimum absolute atomic E-state index is 0.0911. The first-order valence-corrected chi connectivity index (χ1v) is 16.4. The van der Waals surface area contributed by atoms with Crippen LogP contribution in [0.5, 0.6) is 0 Å². The molecule has 47 heavy (non-hydrogen) atoms. The Morgan fingerprint density at radius 1 is 0.532 bits per heavy atom. The second kappa shape index (κ2) is 16.7. The normalized spacial score (nSPS) is 11.6. The van der Waals surface area contributed by atoms with Crippen molar-refractivity contribution < 1.29 is 14.6 Å². The summed E-state index contributed by atoms with van der Waals surface area (Å²) in [5.41, 5.74) is 27.3. The Balaban J connectivity index is 0.000000314. The van der Waals surface area contributed by atoms with Gasteiger partial charge in [-0.15, -0.1) is 0 Å². The molecule has 0 amide bonds. The molecule has 9 heteroatoms. The Bertz CT molecular complexity index is 1460. The number of anilines is 4. The molecule has 0 bridgehead atoms. The lowest BCUT2D eigenvalue weighted by Crippen LogP contribution is -2.17. The zero-order valence-corrected chi connectivity index (χ0v) is 31.7. The van der Waals surface area contributed by atoms with Gasteiger partial charge in [0.25, 0.3) is 0 Å². The third kappa shape index (κ3) is 14.2. The highest BCUT2D eigenvalue weighted by Gasteiger charge is 2.20. The van der Waals surface area contributed by atoms with Crippen LogP contribution in [0.15, 0.2) is 83.3 Å². The zero-order valence-electron chi connectivity index (χ0n) is 29.3. The molecule has 0 aliphatic heterocycles. The lowest BCUT2D eigenvalue weighted by atomic mass is 9.86. The molecule has 4 rings (SSSR count). The van der Waals surface area contributed by atoms with E-state index in [-0.39, 0.29) is 16.6 Å². The van der Waals surface area contributed by atoms with Crippen LogP contribution >= 0.6 is 27.5 Å². The Kier molecular flexibility index (Phi) is 14.8. The van der Waals surface area contributed by atoms with Crippen LogP contribution in [0.3, 0.4) is 0 Å². The maximum Gasteiger partial charge on any atom is 0.123 e. The highest BCUT2D eigenvalue weighted by atomic mass is 79.9. The minimum atomic E-state index is -0.936. The van der Waals surface area contributed by atoms with E-state index in [1.807, 2.05) is 51.1 Å². The predicted molar refractivity (Wildman–Crippen MR) is 204 cm³/mol. The van der Waals surface area contributed by atoms with Crippen LogP contribution in [-0.4, -0.2) is 10.2 Å². The Morgan fingerprint density at radius 2 is 0.936 bits per heavy atom. The third-order valence-electron chi connectivity index (χ3n) is 6.94. The van der Waals surface area contributed by atoms with Crippen LogP contribution in [0.4, 0.5) is 27.1 Å². The molecule has 0 atom stereocenters. The largest absolute Gasteiger partial charge is 0.398 e. The molecule has 10 N–H and O–H groups in total. The van der Waals surface area contributed by atoms with E-state index in [1.54, 1.807) is 58.0 Å². The Labute approximate surface area is 294 Å². The van der Waals surface area contributed by atoms with E-state index in [0.717, 1.165) is 21.3 Å². The van der Waals surface area contributed by atoms with Crippen molar-refractivity contribution in [2.75, 3.05) is 22.9 Å². The molecule has 6 nitrogen and oxygen atoms in total. The van der Waals surface area contributed by atoms with E-state index < -0.39 is 11.2 Å².